The molecule has 18 heavy (non-hydrogen) atoms. The zero-order chi connectivity index (χ0) is 13.2. The number of carbonyl (C=O) groups is 1. The van der Waals surface area contributed by atoms with E-state index in [9.17, 15) is 15.0 Å². The molecule has 0 fully saturated rings. The van der Waals surface area contributed by atoms with E-state index in [0.717, 1.165) is 23.1 Å². The van der Waals surface area contributed by atoms with Crippen molar-refractivity contribution in [1.82, 2.24) is 5.32 Å². The monoisotopic (exact) mass is 247 g/mol. The minimum atomic E-state index is -0.996. The van der Waals surface area contributed by atoms with Gasteiger partial charge in [0, 0.05) is 5.56 Å². The zero-order valence-electron chi connectivity index (χ0n) is 10.7. The molecule has 1 aromatic carbocycles. The summed E-state index contributed by atoms with van der Waals surface area (Å²) >= 11 is 0. The molecule has 1 aromatic rings. The highest BCUT2D eigenvalue weighted by Crippen LogP contribution is 2.49. The van der Waals surface area contributed by atoms with Gasteiger partial charge in [-0.1, -0.05) is 19.9 Å². The predicted molar refractivity (Wildman–Crippen MR) is 66.0 cm³/mol. The second-order valence-corrected chi connectivity index (χ2v) is 6.00. The third-order valence-corrected chi connectivity index (χ3v) is 4.12. The summed E-state index contributed by atoms with van der Waals surface area (Å²) in [5, 5.41) is 22.9. The van der Waals surface area contributed by atoms with Gasteiger partial charge in [-0.2, -0.15) is 0 Å². The van der Waals surface area contributed by atoms with Crippen LogP contribution in [-0.4, -0.2) is 16.1 Å². The van der Waals surface area contributed by atoms with Crippen LogP contribution in [0.25, 0.3) is 0 Å². The van der Waals surface area contributed by atoms with Gasteiger partial charge in [-0.15, -0.1) is 0 Å². The molecule has 4 nitrogen and oxygen atoms in total. The van der Waals surface area contributed by atoms with Crippen LogP contribution in [0.1, 0.15) is 58.8 Å². The standard InChI is InChI=1S/C14H17NO3/c1-6-4-7-5-14(2,3)11(16)9(7)10-8(6)12(17)15-13(10)18/h4,11,13,16,18H,5H2,1-3H3,(H,15,17). The Kier molecular flexibility index (Phi) is 2.17. The fourth-order valence-corrected chi connectivity index (χ4v) is 3.23. The van der Waals surface area contributed by atoms with Crippen molar-refractivity contribution >= 4 is 5.91 Å². The third kappa shape index (κ3) is 1.30. The maximum atomic E-state index is 11.8. The smallest absolute Gasteiger partial charge is 0.254 e. The molecule has 2 unspecified atom stereocenters. The molecule has 4 heteroatoms. The summed E-state index contributed by atoms with van der Waals surface area (Å²) in [6, 6.07) is 1.96. The molecule has 2 aliphatic rings. The van der Waals surface area contributed by atoms with Gasteiger partial charge in [-0.3, -0.25) is 4.79 Å². The molecule has 0 radical (unpaired) electrons. The molecular formula is C14H17NO3. The van der Waals surface area contributed by atoms with Crippen molar-refractivity contribution in [3.8, 4) is 0 Å². The number of fused-ring (bicyclic) bond motifs is 3. The Morgan fingerprint density at radius 3 is 2.67 bits per heavy atom. The van der Waals surface area contributed by atoms with Crippen LogP contribution >= 0.6 is 0 Å². The van der Waals surface area contributed by atoms with Crippen molar-refractivity contribution in [2.45, 2.75) is 39.5 Å². The van der Waals surface area contributed by atoms with Crippen LogP contribution in [0.3, 0.4) is 0 Å². The lowest BCUT2D eigenvalue weighted by Gasteiger charge is -2.23. The second kappa shape index (κ2) is 3.33. The number of nitrogens with one attached hydrogen (secondary N) is 1. The lowest BCUT2D eigenvalue weighted by atomic mass is 9.86. The molecule has 1 aliphatic heterocycles. The Bertz CT molecular complexity index is 563. The Morgan fingerprint density at radius 2 is 2.00 bits per heavy atom. The van der Waals surface area contributed by atoms with Gasteiger partial charge in [0.25, 0.3) is 5.91 Å². The van der Waals surface area contributed by atoms with Crippen LogP contribution in [0.5, 0.6) is 0 Å². The van der Waals surface area contributed by atoms with Crippen molar-refractivity contribution in [3.05, 3.63) is 33.9 Å². The summed E-state index contributed by atoms with van der Waals surface area (Å²) in [4.78, 5) is 11.8. The van der Waals surface area contributed by atoms with E-state index in [1.807, 2.05) is 26.8 Å². The van der Waals surface area contributed by atoms with Crippen molar-refractivity contribution in [2.75, 3.05) is 0 Å². The summed E-state index contributed by atoms with van der Waals surface area (Å²) in [6.07, 6.45) is -0.868. The Labute approximate surface area is 106 Å². The lowest BCUT2D eigenvalue weighted by molar-refractivity contribution is 0.0623. The van der Waals surface area contributed by atoms with E-state index in [0.29, 0.717) is 11.1 Å². The average molecular weight is 247 g/mol. The summed E-state index contributed by atoms with van der Waals surface area (Å²) in [5.41, 5.74) is 3.49. The van der Waals surface area contributed by atoms with Crippen LogP contribution in [0, 0.1) is 12.3 Å². The summed E-state index contributed by atoms with van der Waals surface area (Å²) in [6.45, 7) is 5.86. The van der Waals surface area contributed by atoms with Gasteiger partial charge in [0.2, 0.25) is 0 Å². The number of hydrogen-bond acceptors (Lipinski definition) is 3. The summed E-state index contributed by atoms with van der Waals surface area (Å²) in [5.74, 6) is -0.255. The molecule has 3 rings (SSSR count). The average Bonchev–Trinajstić information content (AvgIpc) is 2.64. The highest BCUT2D eigenvalue weighted by Gasteiger charge is 2.44. The molecule has 0 saturated heterocycles. The van der Waals surface area contributed by atoms with Gasteiger partial charge in [-0.05, 0) is 35.4 Å². The van der Waals surface area contributed by atoms with Crippen molar-refractivity contribution < 1.29 is 15.0 Å². The van der Waals surface area contributed by atoms with Crippen molar-refractivity contribution in [1.29, 1.82) is 0 Å². The highest BCUT2D eigenvalue weighted by atomic mass is 16.3. The largest absolute Gasteiger partial charge is 0.388 e. The number of hydrogen-bond donors (Lipinski definition) is 3. The van der Waals surface area contributed by atoms with Gasteiger partial charge in [0.05, 0.1) is 11.7 Å². The molecule has 0 bridgehead atoms. The normalized spacial score (nSPS) is 27.9. The Morgan fingerprint density at radius 1 is 1.33 bits per heavy atom. The molecule has 0 aromatic heterocycles. The Balaban J connectivity index is 2.31. The molecule has 0 saturated carbocycles. The summed E-state index contributed by atoms with van der Waals surface area (Å²) < 4.78 is 0. The van der Waals surface area contributed by atoms with E-state index >= 15 is 0 Å². The molecule has 3 N–H and O–H groups in total. The predicted octanol–water partition coefficient (Wildman–Crippen LogP) is 1.35. The number of carbonyl (C=O) groups excluding carboxylic acids is 1. The number of rotatable bonds is 0. The third-order valence-electron chi connectivity index (χ3n) is 4.12. The van der Waals surface area contributed by atoms with Gasteiger partial charge >= 0.3 is 0 Å². The fourth-order valence-electron chi connectivity index (χ4n) is 3.23. The van der Waals surface area contributed by atoms with E-state index in [1.165, 1.54) is 0 Å². The van der Waals surface area contributed by atoms with Crippen LogP contribution in [-0.2, 0) is 6.42 Å². The van der Waals surface area contributed by atoms with E-state index in [4.69, 9.17) is 0 Å². The molecule has 96 valence electrons. The topological polar surface area (TPSA) is 69.6 Å². The number of aryl methyl sites for hydroxylation is 1. The first kappa shape index (κ1) is 11.7. The number of benzene rings is 1. The van der Waals surface area contributed by atoms with Crippen LogP contribution in [0.4, 0.5) is 0 Å². The van der Waals surface area contributed by atoms with Crippen LogP contribution in [0.2, 0.25) is 0 Å². The minimum Gasteiger partial charge on any atom is -0.388 e. The maximum absolute atomic E-state index is 11.8. The molecule has 1 aliphatic carbocycles. The van der Waals surface area contributed by atoms with Gasteiger partial charge in [0.1, 0.15) is 0 Å². The SMILES string of the molecule is Cc1cc2c(c3c1C(=O)NC3O)C(O)C(C)(C)C2. The first-order valence-corrected chi connectivity index (χ1v) is 6.16. The van der Waals surface area contributed by atoms with E-state index in [-0.39, 0.29) is 11.3 Å². The van der Waals surface area contributed by atoms with Gasteiger partial charge < -0.3 is 15.5 Å². The van der Waals surface area contributed by atoms with Crippen LogP contribution < -0.4 is 5.32 Å². The quantitative estimate of drug-likeness (QED) is 0.648. The fraction of sp³-hybridized carbons (Fsp3) is 0.500. The second-order valence-electron chi connectivity index (χ2n) is 6.00. The molecule has 0 spiro atoms. The highest BCUT2D eigenvalue weighted by molar-refractivity contribution is 6.01. The molecule has 1 heterocycles. The minimum absolute atomic E-state index is 0.255. The van der Waals surface area contributed by atoms with E-state index < -0.39 is 12.3 Å². The summed E-state index contributed by atoms with van der Waals surface area (Å²) in [7, 11) is 0. The number of amides is 1. The van der Waals surface area contributed by atoms with E-state index in [1.54, 1.807) is 0 Å². The lowest BCUT2D eigenvalue weighted by Crippen LogP contribution is -2.20. The molecule has 1 amide bonds. The van der Waals surface area contributed by atoms with Crippen LogP contribution in [0.15, 0.2) is 6.07 Å². The van der Waals surface area contributed by atoms with Gasteiger partial charge in [-0.25, -0.2) is 0 Å². The van der Waals surface area contributed by atoms with Crippen molar-refractivity contribution in [2.24, 2.45) is 5.41 Å². The maximum Gasteiger partial charge on any atom is 0.254 e. The van der Waals surface area contributed by atoms with E-state index in [2.05, 4.69) is 5.32 Å². The zero-order valence-corrected chi connectivity index (χ0v) is 10.7. The first-order valence-electron chi connectivity index (χ1n) is 6.16. The number of aliphatic hydroxyl groups excluding tert-OH is 2. The van der Waals surface area contributed by atoms with Gasteiger partial charge in [0.15, 0.2) is 6.23 Å². The molecule has 2 atom stereocenters. The Hall–Kier alpha value is -1.39. The van der Waals surface area contributed by atoms with Crippen molar-refractivity contribution in [3.63, 3.8) is 0 Å². The first-order chi connectivity index (χ1) is 8.33. The number of aliphatic hydroxyl groups is 2. The molecular weight excluding hydrogens is 230 g/mol.